The Kier molecular flexibility index (Phi) is 7.11. The van der Waals surface area contributed by atoms with Crippen LogP contribution in [0.15, 0.2) is 29.4 Å². The second-order valence-electron chi connectivity index (χ2n) is 4.64. The summed E-state index contributed by atoms with van der Waals surface area (Å²) >= 11 is 4.72. The number of nitrogens with two attached hydrogens (primary N) is 1. The van der Waals surface area contributed by atoms with Crippen LogP contribution in [0.1, 0.15) is 19.4 Å². The fourth-order valence-electron chi connectivity index (χ4n) is 1.50. The second-order valence-corrected chi connectivity index (χ2v) is 5.08. The van der Waals surface area contributed by atoms with Crippen molar-refractivity contribution in [2.24, 2.45) is 10.8 Å². The van der Waals surface area contributed by atoms with E-state index in [4.69, 9.17) is 27.4 Å². The lowest BCUT2D eigenvalue weighted by atomic mass is 10.1. The van der Waals surface area contributed by atoms with E-state index in [1.54, 1.807) is 31.4 Å². The maximum Gasteiger partial charge on any atom is 0.407 e. The van der Waals surface area contributed by atoms with E-state index in [9.17, 15) is 4.79 Å². The summed E-state index contributed by atoms with van der Waals surface area (Å²) < 4.78 is 10.2. The summed E-state index contributed by atoms with van der Waals surface area (Å²) in [6, 6.07) is 7.13. The molecule has 0 aliphatic carbocycles. The molecule has 7 nitrogen and oxygen atoms in total. The van der Waals surface area contributed by atoms with Crippen molar-refractivity contribution < 1.29 is 14.3 Å². The van der Waals surface area contributed by atoms with Crippen LogP contribution in [0.3, 0.4) is 0 Å². The highest BCUT2D eigenvalue weighted by Gasteiger charge is 2.10. The van der Waals surface area contributed by atoms with Gasteiger partial charge in [-0.25, -0.2) is 4.79 Å². The number of hydrazone groups is 1. The summed E-state index contributed by atoms with van der Waals surface area (Å²) in [5.41, 5.74) is 9.08. The Labute approximate surface area is 134 Å². The third kappa shape index (κ3) is 6.40. The molecule has 0 spiro atoms. The van der Waals surface area contributed by atoms with Crippen LogP contribution in [-0.2, 0) is 4.74 Å². The Morgan fingerprint density at radius 1 is 1.36 bits per heavy atom. The molecule has 0 heterocycles. The van der Waals surface area contributed by atoms with Crippen LogP contribution in [0, 0.1) is 0 Å². The van der Waals surface area contributed by atoms with E-state index in [0.29, 0.717) is 11.5 Å². The number of nitrogens with zero attached hydrogens (tertiary/aromatic N) is 1. The monoisotopic (exact) mass is 324 g/mol. The Bertz CT molecular complexity index is 544. The zero-order chi connectivity index (χ0) is 16.5. The van der Waals surface area contributed by atoms with E-state index >= 15 is 0 Å². The molecule has 8 heteroatoms. The molecule has 1 aromatic carbocycles. The van der Waals surface area contributed by atoms with Crippen molar-refractivity contribution in [3.05, 3.63) is 29.8 Å². The third-order valence-corrected chi connectivity index (χ3v) is 2.56. The Morgan fingerprint density at radius 2 is 2.00 bits per heavy atom. The first-order valence-corrected chi connectivity index (χ1v) is 7.03. The van der Waals surface area contributed by atoms with Gasteiger partial charge in [-0.2, -0.15) is 5.10 Å². The SMILES string of the molecule is COc1ccc(C(COC(=O)NC(C)C)=NNC(N)=S)cc1. The molecule has 0 atom stereocenters. The summed E-state index contributed by atoms with van der Waals surface area (Å²) in [7, 11) is 1.58. The van der Waals surface area contributed by atoms with E-state index in [1.807, 2.05) is 13.8 Å². The summed E-state index contributed by atoms with van der Waals surface area (Å²) in [5, 5.41) is 6.71. The maximum atomic E-state index is 11.5. The molecule has 4 N–H and O–H groups in total. The number of carbonyl (C=O) groups is 1. The van der Waals surface area contributed by atoms with Gasteiger partial charge in [0.2, 0.25) is 0 Å². The van der Waals surface area contributed by atoms with Crippen molar-refractivity contribution >= 4 is 29.1 Å². The Morgan fingerprint density at radius 3 is 2.50 bits per heavy atom. The van der Waals surface area contributed by atoms with Gasteiger partial charge in [-0.1, -0.05) is 0 Å². The van der Waals surface area contributed by atoms with Crippen LogP contribution in [0.4, 0.5) is 4.79 Å². The highest BCUT2D eigenvalue weighted by atomic mass is 32.1. The normalized spacial score (nSPS) is 11.0. The van der Waals surface area contributed by atoms with E-state index in [2.05, 4.69) is 15.8 Å². The first-order valence-electron chi connectivity index (χ1n) is 6.62. The van der Waals surface area contributed by atoms with Crippen molar-refractivity contribution in [1.82, 2.24) is 10.7 Å². The molecule has 1 aromatic rings. The van der Waals surface area contributed by atoms with E-state index < -0.39 is 6.09 Å². The number of thiocarbonyl (C=S) groups is 1. The summed E-state index contributed by atoms with van der Waals surface area (Å²) in [5.74, 6) is 0.712. The molecule has 0 aliphatic heterocycles. The predicted octanol–water partition coefficient (Wildman–Crippen LogP) is 1.37. The zero-order valence-electron chi connectivity index (χ0n) is 12.8. The molecule has 0 aliphatic rings. The number of rotatable bonds is 6. The highest BCUT2D eigenvalue weighted by molar-refractivity contribution is 7.80. The summed E-state index contributed by atoms with van der Waals surface area (Å²) in [4.78, 5) is 11.5. The molecule has 22 heavy (non-hydrogen) atoms. The number of carbonyl (C=O) groups excluding carboxylic acids is 1. The van der Waals surface area contributed by atoms with Gasteiger partial charge < -0.3 is 20.5 Å². The molecule has 1 rings (SSSR count). The molecule has 0 saturated heterocycles. The molecule has 1 amide bonds. The fraction of sp³-hybridized carbons (Fsp3) is 0.357. The van der Waals surface area contributed by atoms with Crippen LogP contribution >= 0.6 is 12.2 Å². The van der Waals surface area contributed by atoms with Crippen LogP contribution in [0.25, 0.3) is 0 Å². The Balaban J connectivity index is 2.81. The van der Waals surface area contributed by atoms with Crippen molar-refractivity contribution in [2.45, 2.75) is 19.9 Å². The van der Waals surface area contributed by atoms with Gasteiger partial charge >= 0.3 is 6.09 Å². The quantitative estimate of drug-likeness (QED) is 0.415. The van der Waals surface area contributed by atoms with E-state index in [-0.39, 0.29) is 17.8 Å². The van der Waals surface area contributed by atoms with Gasteiger partial charge in [0.1, 0.15) is 18.1 Å². The minimum absolute atomic E-state index is 0.0105. The first kappa shape index (κ1) is 17.7. The van der Waals surface area contributed by atoms with Crippen LogP contribution in [0.2, 0.25) is 0 Å². The van der Waals surface area contributed by atoms with Gasteiger partial charge in [0.05, 0.1) is 7.11 Å². The number of hydrogen-bond acceptors (Lipinski definition) is 5. The molecule has 0 bridgehead atoms. The minimum Gasteiger partial charge on any atom is -0.497 e. The predicted molar refractivity (Wildman–Crippen MR) is 89.1 cm³/mol. The molecule has 0 fully saturated rings. The average Bonchev–Trinajstić information content (AvgIpc) is 2.46. The smallest absolute Gasteiger partial charge is 0.407 e. The molecule has 0 saturated carbocycles. The first-order chi connectivity index (χ1) is 10.4. The van der Waals surface area contributed by atoms with E-state index in [1.165, 1.54) is 0 Å². The average molecular weight is 324 g/mol. The summed E-state index contributed by atoms with van der Waals surface area (Å²) in [6.07, 6.45) is -0.522. The van der Waals surface area contributed by atoms with Gasteiger partial charge in [0, 0.05) is 11.6 Å². The van der Waals surface area contributed by atoms with Gasteiger partial charge in [0.25, 0.3) is 0 Å². The van der Waals surface area contributed by atoms with E-state index in [0.717, 1.165) is 5.56 Å². The third-order valence-electron chi connectivity index (χ3n) is 2.47. The fourth-order valence-corrected chi connectivity index (χ4v) is 1.54. The lowest BCUT2D eigenvalue weighted by molar-refractivity contribution is 0.159. The van der Waals surface area contributed by atoms with Crippen LogP contribution < -0.4 is 21.2 Å². The van der Waals surface area contributed by atoms with Crippen molar-refractivity contribution in [2.75, 3.05) is 13.7 Å². The van der Waals surface area contributed by atoms with Crippen molar-refractivity contribution in [3.8, 4) is 5.75 Å². The topological polar surface area (TPSA) is 98.0 Å². The number of amides is 1. The molecule has 120 valence electrons. The standard InChI is InChI=1S/C14H20N4O3S/c1-9(2)16-14(19)21-8-12(17-18-13(15)22)10-4-6-11(20-3)7-5-10/h4-7,9H,8H2,1-3H3,(H,16,19)(H3,15,18,22). The van der Waals surface area contributed by atoms with Crippen molar-refractivity contribution in [1.29, 1.82) is 0 Å². The lowest BCUT2D eigenvalue weighted by Gasteiger charge is -2.11. The van der Waals surface area contributed by atoms with Gasteiger partial charge in [0.15, 0.2) is 5.11 Å². The summed E-state index contributed by atoms with van der Waals surface area (Å²) in [6.45, 7) is 3.66. The van der Waals surface area contributed by atoms with Crippen molar-refractivity contribution in [3.63, 3.8) is 0 Å². The molecule has 0 unspecified atom stereocenters. The second kappa shape index (κ2) is 8.83. The molecule has 0 aromatic heterocycles. The lowest BCUT2D eigenvalue weighted by Crippen LogP contribution is -2.33. The van der Waals surface area contributed by atoms with Gasteiger partial charge in [-0.05, 0) is 50.3 Å². The number of ether oxygens (including phenoxy) is 2. The minimum atomic E-state index is -0.522. The zero-order valence-corrected chi connectivity index (χ0v) is 13.6. The van der Waals surface area contributed by atoms with Gasteiger partial charge in [-0.3, -0.25) is 5.43 Å². The van der Waals surface area contributed by atoms with Gasteiger partial charge in [-0.15, -0.1) is 0 Å². The highest BCUT2D eigenvalue weighted by Crippen LogP contribution is 2.12. The number of benzene rings is 1. The number of methoxy groups -OCH3 is 1. The number of alkyl carbamates (subject to hydrolysis) is 1. The Hall–Kier alpha value is -2.35. The van der Waals surface area contributed by atoms with Crippen LogP contribution in [-0.4, -0.2) is 36.7 Å². The van der Waals surface area contributed by atoms with Crippen LogP contribution in [0.5, 0.6) is 5.75 Å². The molecular weight excluding hydrogens is 304 g/mol. The number of nitrogens with one attached hydrogen (secondary N) is 2. The number of hydrogen-bond donors (Lipinski definition) is 3. The molecule has 0 radical (unpaired) electrons. The largest absolute Gasteiger partial charge is 0.497 e. The molecular formula is C14H20N4O3S. The maximum absolute atomic E-state index is 11.5.